The molecule has 0 atom stereocenters. The minimum absolute atomic E-state index is 0.119. The third-order valence-corrected chi connectivity index (χ3v) is 5.62. The monoisotopic (exact) mass is 408 g/mol. The first-order chi connectivity index (χ1) is 14.1. The number of aromatic amines is 1. The van der Waals surface area contributed by atoms with Crippen molar-refractivity contribution < 1.29 is 4.79 Å². The number of aryl methyl sites for hydroxylation is 1. The van der Waals surface area contributed by atoms with Crippen LogP contribution < -0.4 is 10.6 Å². The standard InChI is InChI=1S/C19H20N8OS/c1-12-8-16(25-24-12)23-18-10-26(9-17-20-11-21-27(17)18)29-15-6-4-14(5-7-15)22-19(28)13-2-3-13/h4-8,10-11,13H,2-3,9H2,1H3,(H,22,28)(H2,23,24,25). The van der Waals surface area contributed by atoms with Crippen LogP contribution >= 0.6 is 11.9 Å². The van der Waals surface area contributed by atoms with Gasteiger partial charge in [0.2, 0.25) is 5.91 Å². The van der Waals surface area contributed by atoms with Crippen LogP contribution in [0.4, 0.5) is 11.5 Å². The molecule has 5 rings (SSSR count). The fourth-order valence-corrected chi connectivity index (χ4v) is 3.89. The topological polar surface area (TPSA) is 104 Å². The number of anilines is 2. The summed E-state index contributed by atoms with van der Waals surface area (Å²) in [6.45, 7) is 2.57. The maximum atomic E-state index is 11.9. The molecule has 0 spiro atoms. The highest BCUT2D eigenvalue weighted by atomic mass is 32.2. The molecule has 9 nitrogen and oxygen atoms in total. The molecule has 1 aliphatic heterocycles. The van der Waals surface area contributed by atoms with Gasteiger partial charge < -0.3 is 14.9 Å². The van der Waals surface area contributed by atoms with Crippen LogP contribution in [-0.2, 0) is 11.3 Å². The molecule has 10 heteroatoms. The molecule has 1 aromatic carbocycles. The summed E-state index contributed by atoms with van der Waals surface area (Å²) in [7, 11) is 0. The lowest BCUT2D eigenvalue weighted by Gasteiger charge is -2.25. The molecule has 2 aliphatic rings. The maximum Gasteiger partial charge on any atom is 0.227 e. The minimum atomic E-state index is 0.119. The number of rotatable bonds is 6. The van der Waals surface area contributed by atoms with Gasteiger partial charge in [0.25, 0.3) is 0 Å². The van der Waals surface area contributed by atoms with Crippen LogP contribution in [0.5, 0.6) is 0 Å². The summed E-state index contributed by atoms with van der Waals surface area (Å²) in [5, 5.41) is 17.7. The van der Waals surface area contributed by atoms with E-state index in [2.05, 4.69) is 35.2 Å². The second kappa shape index (κ2) is 7.28. The molecule has 2 aromatic heterocycles. The first-order valence-electron chi connectivity index (χ1n) is 9.40. The number of amides is 1. The zero-order valence-electron chi connectivity index (χ0n) is 15.8. The van der Waals surface area contributed by atoms with E-state index >= 15 is 0 Å². The summed E-state index contributed by atoms with van der Waals surface area (Å²) in [5.74, 6) is 2.65. The normalized spacial score (nSPS) is 15.6. The molecule has 29 heavy (non-hydrogen) atoms. The zero-order valence-corrected chi connectivity index (χ0v) is 16.6. The SMILES string of the molecule is Cc1cc(NC2=CN(Sc3ccc(NC(=O)C4CC4)cc3)Cc3ncnn32)n[nH]1. The van der Waals surface area contributed by atoms with Gasteiger partial charge in [-0.25, -0.2) is 4.98 Å². The number of nitrogens with zero attached hydrogens (tertiary/aromatic N) is 5. The van der Waals surface area contributed by atoms with E-state index in [-0.39, 0.29) is 11.8 Å². The lowest BCUT2D eigenvalue weighted by molar-refractivity contribution is -0.117. The Morgan fingerprint density at radius 2 is 2.10 bits per heavy atom. The highest BCUT2D eigenvalue weighted by Crippen LogP contribution is 2.32. The molecule has 3 N–H and O–H groups in total. The van der Waals surface area contributed by atoms with E-state index in [4.69, 9.17) is 0 Å². The predicted octanol–water partition coefficient (Wildman–Crippen LogP) is 3.05. The number of H-pyrrole nitrogens is 1. The van der Waals surface area contributed by atoms with Crippen LogP contribution in [0.2, 0.25) is 0 Å². The average molecular weight is 408 g/mol. The number of fused-ring (bicyclic) bond motifs is 1. The quantitative estimate of drug-likeness (QED) is 0.539. The van der Waals surface area contributed by atoms with Gasteiger partial charge in [0, 0.05) is 28.3 Å². The summed E-state index contributed by atoms with van der Waals surface area (Å²) in [5.41, 5.74) is 1.80. The summed E-state index contributed by atoms with van der Waals surface area (Å²) in [6.07, 6.45) is 5.53. The Morgan fingerprint density at radius 3 is 2.83 bits per heavy atom. The van der Waals surface area contributed by atoms with Crippen LogP contribution in [0.1, 0.15) is 24.4 Å². The molecule has 3 aromatic rings. The summed E-state index contributed by atoms with van der Waals surface area (Å²) < 4.78 is 3.86. The van der Waals surface area contributed by atoms with Crippen molar-refractivity contribution in [2.75, 3.05) is 10.6 Å². The molecular weight excluding hydrogens is 388 g/mol. The Labute approximate surface area is 171 Å². The number of carbonyl (C=O) groups excluding carboxylic acids is 1. The smallest absolute Gasteiger partial charge is 0.227 e. The van der Waals surface area contributed by atoms with Crippen molar-refractivity contribution in [2.24, 2.45) is 5.92 Å². The second-order valence-electron chi connectivity index (χ2n) is 7.12. The molecule has 3 heterocycles. The Kier molecular flexibility index (Phi) is 4.47. The fourth-order valence-electron chi connectivity index (χ4n) is 3.03. The van der Waals surface area contributed by atoms with E-state index in [1.54, 1.807) is 23.0 Å². The van der Waals surface area contributed by atoms with Crippen molar-refractivity contribution in [3.63, 3.8) is 0 Å². The van der Waals surface area contributed by atoms with E-state index in [9.17, 15) is 4.79 Å². The van der Waals surface area contributed by atoms with E-state index in [0.29, 0.717) is 6.54 Å². The van der Waals surface area contributed by atoms with Gasteiger partial charge in [-0.2, -0.15) is 14.9 Å². The van der Waals surface area contributed by atoms with Crippen molar-refractivity contribution >= 4 is 35.2 Å². The minimum Gasteiger partial charge on any atom is -0.326 e. The third kappa shape index (κ3) is 3.97. The highest BCUT2D eigenvalue weighted by Gasteiger charge is 2.29. The number of carbonyl (C=O) groups is 1. The molecule has 1 saturated carbocycles. The highest BCUT2D eigenvalue weighted by molar-refractivity contribution is 7.97. The molecule has 0 radical (unpaired) electrons. The zero-order chi connectivity index (χ0) is 19.8. The predicted molar refractivity (Wildman–Crippen MR) is 110 cm³/mol. The Hall–Kier alpha value is -3.27. The molecule has 0 bridgehead atoms. The van der Waals surface area contributed by atoms with Gasteiger partial charge in [-0.3, -0.25) is 9.89 Å². The van der Waals surface area contributed by atoms with Crippen molar-refractivity contribution in [1.82, 2.24) is 29.3 Å². The van der Waals surface area contributed by atoms with Gasteiger partial charge in [-0.05, 0) is 56.0 Å². The Bertz CT molecular complexity index is 1070. The first kappa shape index (κ1) is 17.8. The largest absolute Gasteiger partial charge is 0.326 e. The summed E-state index contributed by atoms with van der Waals surface area (Å²) in [6, 6.07) is 9.81. The molecule has 1 fully saturated rings. The molecule has 1 aliphatic carbocycles. The van der Waals surface area contributed by atoms with E-state index in [1.165, 1.54) is 0 Å². The molecular formula is C19H20N8OS. The Balaban J connectivity index is 1.30. The summed E-state index contributed by atoms with van der Waals surface area (Å²) in [4.78, 5) is 17.3. The van der Waals surface area contributed by atoms with Gasteiger partial charge in [-0.1, -0.05) is 0 Å². The van der Waals surface area contributed by atoms with Crippen LogP contribution in [-0.4, -0.2) is 35.2 Å². The van der Waals surface area contributed by atoms with Crippen LogP contribution in [0.25, 0.3) is 5.82 Å². The van der Waals surface area contributed by atoms with Crippen molar-refractivity contribution in [2.45, 2.75) is 31.2 Å². The van der Waals surface area contributed by atoms with Gasteiger partial charge in [0.05, 0.1) is 12.7 Å². The number of aromatic nitrogens is 5. The van der Waals surface area contributed by atoms with Crippen LogP contribution in [0.15, 0.2) is 47.8 Å². The fraction of sp³-hybridized carbons (Fsp3) is 0.263. The molecule has 148 valence electrons. The van der Waals surface area contributed by atoms with Crippen molar-refractivity contribution in [3.05, 3.63) is 54.4 Å². The van der Waals surface area contributed by atoms with Crippen molar-refractivity contribution in [3.8, 4) is 0 Å². The van der Waals surface area contributed by atoms with E-state index < -0.39 is 0 Å². The molecule has 0 saturated heterocycles. The molecule has 1 amide bonds. The third-order valence-electron chi connectivity index (χ3n) is 4.66. The number of hydrogen-bond donors (Lipinski definition) is 3. The Morgan fingerprint density at radius 1 is 1.28 bits per heavy atom. The number of nitrogens with one attached hydrogen (secondary N) is 3. The van der Waals surface area contributed by atoms with Crippen molar-refractivity contribution in [1.29, 1.82) is 0 Å². The lowest BCUT2D eigenvalue weighted by Crippen LogP contribution is -2.24. The average Bonchev–Trinajstić information content (AvgIpc) is 3.32. The number of benzene rings is 1. The van der Waals surface area contributed by atoms with Crippen LogP contribution in [0, 0.1) is 12.8 Å². The van der Waals surface area contributed by atoms with Gasteiger partial charge in [-0.15, -0.1) is 0 Å². The maximum absolute atomic E-state index is 11.9. The summed E-state index contributed by atoms with van der Waals surface area (Å²) >= 11 is 1.59. The van der Waals surface area contributed by atoms with Gasteiger partial charge in [0.15, 0.2) is 17.5 Å². The molecule has 0 unspecified atom stereocenters. The van der Waals surface area contributed by atoms with Gasteiger partial charge >= 0.3 is 0 Å². The number of hydrogen-bond acceptors (Lipinski definition) is 7. The van der Waals surface area contributed by atoms with E-state index in [1.807, 2.05) is 43.5 Å². The second-order valence-corrected chi connectivity index (χ2v) is 8.24. The lowest BCUT2D eigenvalue weighted by atomic mass is 10.3. The van der Waals surface area contributed by atoms with Crippen LogP contribution in [0.3, 0.4) is 0 Å². The van der Waals surface area contributed by atoms with E-state index in [0.717, 1.165) is 46.6 Å². The first-order valence-corrected chi connectivity index (χ1v) is 10.2. The van der Waals surface area contributed by atoms with Gasteiger partial charge in [0.1, 0.15) is 6.33 Å².